The first kappa shape index (κ1) is 19.1. The summed E-state index contributed by atoms with van der Waals surface area (Å²) >= 11 is 0. The maximum Gasteiger partial charge on any atom is 0.262 e. The molecule has 0 saturated heterocycles. The number of sulfonamides is 1. The predicted molar refractivity (Wildman–Crippen MR) is 107 cm³/mol. The zero-order chi connectivity index (χ0) is 19.5. The van der Waals surface area contributed by atoms with Gasteiger partial charge in [0.25, 0.3) is 10.0 Å². The molecule has 3 rings (SSSR count). The summed E-state index contributed by atoms with van der Waals surface area (Å²) in [4.78, 5) is 0.319. The first-order chi connectivity index (χ1) is 12.8. The lowest BCUT2D eigenvalue weighted by molar-refractivity contribution is 0.597. The van der Waals surface area contributed by atoms with E-state index >= 15 is 0 Å². The van der Waals surface area contributed by atoms with Crippen LogP contribution in [0.1, 0.15) is 6.92 Å². The molecule has 0 amide bonds. The standard InChI is InChI=1S/C20H19NO4S2/c1-2-26(22,23)18-14-12-17(13-15-18)21-27(24,25)20-11-7-6-10-19(20)16-8-4-3-5-9-16/h3-15,21H,2H2,1H3. The minimum absolute atomic E-state index is 0.0114. The van der Waals surface area contributed by atoms with Gasteiger partial charge in [-0.25, -0.2) is 16.8 Å². The van der Waals surface area contributed by atoms with E-state index in [9.17, 15) is 16.8 Å². The molecule has 0 aliphatic carbocycles. The van der Waals surface area contributed by atoms with Crippen LogP contribution in [0.3, 0.4) is 0 Å². The van der Waals surface area contributed by atoms with Gasteiger partial charge in [-0.05, 0) is 35.9 Å². The average Bonchev–Trinajstić information content (AvgIpc) is 2.69. The first-order valence-electron chi connectivity index (χ1n) is 8.33. The molecule has 5 nitrogen and oxygen atoms in total. The van der Waals surface area contributed by atoms with Gasteiger partial charge in [0.15, 0.2) is 9.84 Å². The lowest BCUT2D eigenvalue weighted by Gasteiger charge is -2.13. The number of benzene rings is 3. The van der Waals surface area contributed by atoms with E-state index < -0.39 is 19.9 Å². The smallest absolute Gasteiger partial charge is 0.262 e. The summed E-state index contributed by atoms with van der Waals surface area (Å²) in [6, 6.07) is 21.7. The van der Waals surface area contributed by atoms with Gasteiger partial charge in [0.1, 0.15) is 0 Å². The minimum Gasteiger partial charge on any atom is -0.280 e. The van der Waals surface area contributed by atoms with E-state index in [2.05, 4.69) is 4.72 Å². The Balaban J connectivity index is 1.95. The Hall–Kier alpha value is -2.64. The first-order valence-corrected chi connectivity index (χ1v) is 11.5. The molecule has 140 valence electrons. The van der Waals surface area contributed by atoms with E-state index in [-0.39, 0.29) is 15.5 Å². The minimum atomic E-state index is -3.85. The second-order valence-electron chi connectivity index (χ2n) is 5.90. The summed E-state index contributed by atoms with van der Waals surface area (Å²) in [5.74, 6) is -0.0114. The summed E-state index contributed by atoms with van der Waals surface area (Å²) < 4.78 is 52.1. The molecule has 0 aliphatic heterocycles. The van der Waals surface area contributed by atoms with Crippen molar-refractivity contribution in [1.82, 2.24) is 0 Å². The van der Waals surface area contributed by atoms with Crippen LogP contribution < -0.4 is 4.72 Å². The number of hydrogen-bond acceptors (Lipinski definition) is 4. The van der Waals surface area contributed by atoms with Crippen LogP contribution in [0.15, 0.2) is 88.7 Å². The molecule has 0 radical (unpaired) electrons. The molecule has 0 heterocycles. The highest BCUT2D eigenvalue weighted by Crippen LogP contribution is 2.28. The lowest BCUT2D eigenvalue weighted by atomic mass is 10.1. The van der Waals surface area contributed by atoms with Gasteiger partial charge in [-0.15, -0.1) is 0 Å². The Morgan fingerprint density at radius 2 is 1.33 bits per heavy atom. The summed E-state index contributed by atoms with van der Waals surface area (Å²) in [6.07, 6.45) is 0. The molecule has 0 bridgehead atoms. The van der Waals surface area contributed by atoms with Crippen molar-refractivity contribution in [2.75, 3.05) is 10.5 Å². The van der Waals surface area contributed by atoms with Crippen LogP contribution in [0, 0.1) is 0 Å². The van der Waals surface area contributed by atoms with Crippen molar-refractivity contribution in [3.05, 3.63) is 78.9 Å². The summed E-state index contributed by atoms with van der Waals surface area (Å²) in [5, 5.41) is 0. The van der Waals surface area contributed by atoms with Gasteiger partial charge >= 0.3 is 0 Å². The molecule has 0 aromatic heterocycles. The molecule has 3 aromatic carbocycles. The number of rotatable bonds is 6. The van der Waals surface area contributed by atoms with Crippen LogP contribution in [0.5, 0.6) is 0 Å². The topological polar surface area (TPSA) is 80.3 Å². The number of sulfone groups is 1. The summed E-state index contributed by atoms with van der Waals surface area (Å²) in [6.45, 7) is 1.56. The quantitative estimate of drug-likeness (QED) is 0.678. The molecule has 0 aliphatic rings. The van der Waals surface area contributed by atoms with Crippen molar-refractivity contribution in [3.8, 4) is 11.1 Å². The third-order valence-electron chi connectivity index (χ3n) is 4.11. The highest BCUT2D eigenvalue weighted by atomic mass is 32.2. The van der Waals surface area contributed by atoms with Gasteiger partial charge in [0.2, 0.25) is 0 Å². The Morgan fingerprint density at radius 1 is 0.741 bits per heavy atom. The van der Waals surface area contributed by atoms with E-state index in [1.54, 1.807) is 31.2 Å². The summed E-state index contributed by atoms with van der Waals surface area (Å²) in [5.41, 5.74) is 1.69. The molecule has 0 spiro atoms. The average molecular weight is 402 g/mol. The summed E-state index contributed by atoms with van der Waals surface area (Å²) in [7, 11) is -7.18. The Morgan fingerprint density at radius 3 is 1.96 bits per heavy atom. The maximum absolute atomic E-state index is 12.9. The van der Waals surface area contributed by atoms with Gasteiger partial charge in [-0.1, -0.05) is 55.5 Å². The van der Waals surface area contributed by atoms with Crippen LogP contribution in [0.4, 0.5) is 5.69 Å². The molecule has 0 saturated carbocycles. The highest BCUT2D eigenvalue weighted by molar-refractivity contribution is 7.93. The highest BCUT2D eigenvalue weighted by Gasteiger charge is 2.19. The van der Waals surface area contributed by atoms with Crippen molar-refractivity contribution in [2.24, 2.45) is 0 Å². The molecule has 3 aromatic rings. The number of nitrogens with one attached hydrogen (secondary N) is 1. The van der Waals surface area contributed by atoms with Gasteiger partial charge in [-0.3, -0.25) is 4.72 Å². The fourth-order valence-electron chi connectivity index (χ4n) is 2.66. The van der Waals surface area contributed by atoms with Gasteiger partial charge in [-0.2, -0.15) is 0 Å². The van der Waals surface area contributed by atoms with Crippen molar-refractivity contribution < 1.29 is 16.8 Å². The normalized spacial score (nSPS) is 11.9. The number of hydrogen-bond donors (Lipinski definition) is 1. The van der Waals surface area contributed by atoms with E-state index in [1.165, 1.54) is 24.3 Å². The fourth-order valence-corrected chi connectivity index (χ4v) is 4.84. The van der Waals surface area contributed by atoms with Crippen LogP contribution >= 0.6 is 0 Å². The van der Waals surface area contributed by atoms with Crippen LogP contribution in [-0.2, 0) is 19.9 Å². The third-order valence-corrected chi connectivity index (χ3v) is 7.30. The third kappa shape index (κ3) is 4.20. The Kier molecular flexibility index (Phi) is 5.34. The van der Waals surface area contributed by atoms with E-state index in [0.29, 0.717) is 11.3 Å². The molecule has 0 atom stereocenters. The zero-order valence-corrected chi connectivity index (χ0v) is 16.3. The molecule has 27 heavy (non-hydrogen) atoms. The SMILES string of the molecule is CCS(=O)(=O)c1ccc(NS(=O)(=O)c2ccccc2-c2ccccc2)cc1. The van der Waals surface area contributed by atoms with Gasteiger partial charge in [0.05, 0.1) is 15.5 Å². The van der Waals surface area contributed by atoms with Crippen molar-refractivity contribution in [2.45, 2.75) is 16.7 Å². The predicted octanol–water partition coefficient (Wildman–Crippen LogP) is 3.95. The lowest BCUT2D eigenvalue weighted by Crippen LogP contribution is -2.14. The van der Waals surface area contributed by atoms with Gasteiger partial charge in [0, 0.05) is 11.3 Å². The molecule has 0 unspecified atom stereocenters. The number of anilines is 1. The van der Waals surface area contributed by atoms with Crippen LogP contribution in [0.25, 0.3) is 11.1 Å². The van der Waals surface area contributed by atoms with Crippen LogP contribution in [0.2, 0.25) is 0 Å². The van der Waals surface area contributed by atoms with E-state index in [4.69, 9.17) is 0 Å². The Bertz CT molecular complexity index is 1140. The second-order valence-corrected chi connectivity index (χ2v) is 9.82. The van der Waals surface area contributed by atoms with E-state index in [0.717, 1.165) is 5.56 Å². The van der Waals surface area contributed by atoms with Crippen LogP contribution in [-0.4, -0.2) is 22.6 Å². The maximum atomic E-state index is 12.9. The molecule has 0 fully saturated rings. The van der Waals surface area contributed by atoms with Gasteiger partial charge < -0.3 is 0 Å². The second kappa shape index (κ2) is 7.54. The molecule has 1 N–H and O–H groups in total. The van der Waals surface area contributed by atoms with Crippen molar-refractivity contribution in [3.63, 3.8) is 0 Å². The van der Waals surface area contributed by atoms with E-state index in [1.807, 2.05) is 30.3 Å². The van der Waals surface area contributed by atoms with Crippen molar-refractivity contribution in [1.29, 1.82) is 0 Å². The van der Waals surface area contributed by atoms with Crippen molar-refractivity contribution >= 4 is 25.5 Å². The largest absolute Gasteiger partial charge is 0.280 e. The fraction of sp³-hybridized carbons (Fsp3) is 0.100. The molecular formula is C20H19NO4S2. The monoisotopic (exact) mass is 401 g/mol. The molecular weight excluding hydrogens is 382 g/mol. The molecule has 7 heteroatoms. The zero-order valence-electron chi connectivity index (χ0n) is 14.7. The Labute approximate surface area is 159 Å².